The third-order valence-corrected chi connectivity index (χ3v) is 3.90. The Morgan fingerprint density at radius 2 is 2.09 bits per heavy atom. The molecular formula is C13H18N4O4S. The number of nitrogens with zero attached hydrogens (tertiary/aromatic N) is 3. The number of hydrogen-bond donors (Lipinski definition) is 1. The van der Waals surface area contributed by atoms with Crippen LogP contribution in [0.25, 0.3) is 0 Å². The molecule has 0 aliphatic carbocycles. The summed E-state index contributed by atoms with van der Waals surface area (Å²) in [5.41, 5.74) is -0.408. The van der Waals surface area contributed by atoms with Gasteiger partial charge < -0.3 is 9.32 Å². The van der Waals surface area contributed by atoms with E-state index < -0.39 is 11.4 Å². The molecule has 2 heterocycles. The number of aromatic nitrogens is 2. The SMILES string of the molecule is CC(C)(C)C(=O)CSc1nnc(CN2CCC(=O)NC2=O)o1. The third kappa shape index (κ3) is 4.30. The van der Waals surface area contributed by atoms with Crippen LogP contribution in [0.3, 0.4) is 0 Å². The first-order valence-corrected chi connectivity index (χ1v) is 7.81. The van der Waals surface area contributed by atoms with Crippen LogP contribution in [0.4, 0.5) is 4.79 Å². The molecule has 120 valence electrons. The van der Waals surface area contributed by atoms with Crippen molar-refractivity contribution in [3.63, 3.8) is 0 Å². The molecule has 1 saturated heterocycles. The monoisotopic (exact) mass is 326 g/mol. The summed E-state index contributed by atoms with van der Waals surface area (Å²) in [5, 5.41) is 10.2. The average molecular weight is 326 g/mol. The van der Waals surface area contributed by atoms with Crippen LogP contribution in [0.1, 0.15) is 33.1 Å². The van der Waals surface area contributed by atoms with Gasteiger partial charge >= 0.3 is 6.03 Å². The van der Waals surface area contributed by atoms with Crippen LogP contribution in [0, 0.1) is 5.41 Å². The zero-order valence-electron chi connectivity index (χ0n) is 12.7. The molecule has 9 heteroatoms. The van der Waals surface area contributed by atoms with Crippen molar-refractivity contribution in [2.45, 2.75) is 39.0 Å². The van der Waals surface area contributed by atoms with Gasteiger partial charge in [-0.05, 0) is 0 Å². The predicted octanol–water partition coefficient (Wildman–Crippen LogP) is 1.22. The highest BCUT2D eigenvalue weighted by Gasteiger charge is 2.25. The standard InChI is InChI=1S/C13H18N4O4S/c1-13(2,3)8(18)7-22-12-16-15-10(21-12)6-17-5-4-9(19)14-11(17)20/h4-7H2,1-3H3,(H,14,19,20). The van der Waals surface area contributed by atoms with Crippen LogP contribution in [0.15, 0.2) is 9.64 Å². The predicted molar refractivity (Wildman–Crippen MR) is 78.0 cm³/mol. The summed E-state index contributed by atoms with van der Waals surface area (Å²) in [4.78, 5) is 35.9. The Hall–Kier alpha value is -1.90. The normalized spacial score (nSPS) is 15.9. The van der Waals surface area contributed by atoms with Crippen molar-refractivity contribution in [1.29, 1.82) is 0 Å². The fourth-order valence-corrected chi connectivity index (χ4v) is 2.56. The third-order valence-electron chi connectivity index (χ3n) is 3.08. The van der Waals surface area contributed by atoms with E-state index >= 15 is 0 Å². The minimum atomic E-state index is -0.466. The first-order chi connectivity index (χ1) is 10.3. The van der Waals surface area contributed by atoms with Crippen molar-refractivity contribution in [1.82, 2.24) is 20.4 Å². The fraction of sp³-hybridized carbons (Fsp3) is 0.615. The Bertz CT molecular complexity index is 593. The second-order valence-electron chi connectivity index (χ2n) is 5.95. The molecule has 0 bridgehead atoms. The minimum absolute atomic E-state index is 0.0890. The van der Waals surface area contributed by atoms with Gasteiger partial charge in [-0.15, -0.1) is 10.2 Å². The second kappa shape index (κ2) is 6.47. The zero-order valence-corrected chi connectivity index (χ0v) is 13.5. The molecule has 1 aromatic rings. The highest BCUT2D eigenvalue weighted by molar-refractivity contribution is 7.99. The van der Waals surface area contributed by atoms with Crippen LogP contribution >= 0.6 is 11.8 Å². The summed E-state index contributed by atoms with van der Waals surface area (Å²) in [6, 6.07) is -0.466. The van der Waals surface area contributed by atoms with E-state index in [0.29, 0.717) is 11.8 Å². The van der Waals surface area contributed by atoms with Crippen molar-refractivity contribution >= 4 is 29.5 Å². The smallest absolute Gasteiger partial charge is 0.324 e. The molecule has 2 rings (SSSR count). The number of hydrogen-bond acceptors (Lipinski definition) is 7. The molecule has 0 saturated carbocycles. The second-order valence-corrected chi connectivity index (χ2v) is 6.88. The molecule has 0 spiro atoms. The van der Waals surface area contributed by atoms with Gasteiger partial charge in [0.2, 0.25) is 11.8 Å². The maximum absolute atomic E-state index is 11.8. The summed E-state index contributed by atoms with van der Waals surface area (Å²) in [6.07, 6.45) is 0.252. The summed E-state index contributed by atoms with van der Waals surface area (Å²) in [6.45, 7) is 6.01. The van der Waals surface area contributed by atoms with E-state index in [1.807, 2.05) is 20.8 Å². The number of imide groups is 1. The number of urea groups is 1. The maximum Gasteiger partial charge on any atom is 0.324 e. The van der Waals surface area contributed by atoms with Crippen molar-refractivity contribution < 1.29 is 18.8 Å². The first-order valence-electron chi connectivity index (χ1n) is 6.83. The molecular weight excluding hydrogens is 308 g/mol. The molecule has 22 heavy (non-hydrogen) atoms. The van der Waals surface area contributed by atoms with Gasteiger partial charge in [-0.25, -0.2) is 4.79 Å². The van der Waals surface area contributed by atoms with E-state index in [2.05, 4.69) is 15.5 Å². The van der Waals surface area contributed by atoms with Gasteiger partial charge in [0, 0.05) is 18.4 Å². The molecule has 1 aromatic heterocycles. The Kier molecular flexibility index (Phi) is 4.84. The van der Waals surface area contributed by atoms with Crippen LogP contribution in [-0.2, 0) is 16.1 Å². The summed E-state index contributed by atoms with van der Waals surface area (Å²) in [5.74, 6) is 0.328. The van der Waals surface area contributed by atoms with Gasteiger partial charge in [-0.3, -0.25) is 14.9 Å². The molecule has 0 radical (unpaired) electrons. The first kappa shape index (κ1) is 16.5. The fourth-order valence-electron chi connectivity index (χ4n) is 1.62. The number of carbonyl (C=O) groups excluding carboxylic acids is 3. The number of ketones is 1. The molecule has 0 unspecified atom stereocenters. The van der Waals surface area contributed by atoms with Crippen LogP contribution in [0.5, 0.6) is 0 Å². The molecule has 1 aliphatic heterocycles. The van der Waals surface area contributed by atoms with Crippen molar-refractivity contribution in [2.75, 3.05) is 12.3 Å². The van der Waals surface area contributed by atoms with Gasteiger partial charge in [-0.2, -0.15) is 0 Å². The quantitative estimate of drug-likeness (QED) is 0.811. The lowest BCUT2D eigenvalue weighted by molar-refractivity contribution is -0.123. The highest BCUT2D eigenvalue weighted by atomic mass is 32.2. The topological polar surface area (TPSA) is 105 Å². The Balaban J connectivity index is 1.88. The van der Waals surface area contributed by atoms with E-state index in [1.165, 1.54) is 16.7 Å². The summed E-state index contributed by atoms with van der Waals surface area (Å²) in [7, 11) is 0. The Morgan fingerprint density at radius 3 is 2.73 bits per heavy atom. The van der Waals surface area contributed by atoms with E-state index in [4.69, 9.17) is 4.42 Å². The molecule has 1 aliphatic rings. The number of nitrogens with one attached hydrogen (secondary N) is 1. The molecule has 1 fully saturated rings. The van der Waals surface area contributed by atoms with Crippen LogP contribution in [-0.4, -0.2) is 45.1 Å². The van der Waals surface area contributed by atoms with E-state index in [9.17, 15) is 14.4 Å². The number of Topliss-reactive ketones (excluding diaryl/α,β-unsaturated/α-hetero) is 1. The minimum Gasteiger partial charge on any atom is -0.414 e. The van der Waals surface area contributed by atoms with E-state index in [-0.39, 0.29) is 36.3 Å². The maximum atomic E-state index is 11.8. The van der Waals surface area contributed by atoms with E-state index in [1.54, 1.807) is 0 Å². The van der Waals surface area contributed by atoms with Gasteiger partial charge in [0.05, 0.1) is 5.75 Å². The number of amides is 3. The van der Waals surface area contributed by atoms with E-state index in [0.717, 1.165) is 0 Å². The largest absolute Gasteiger partial charge is 0.414 e. The number of thioether (sulfide) groups is 1. The van der Waals surface area contributed by atoms with Gasteiger partial charge in [0.15, 0.2) is 0 Å². The summed E-state index contributed by atoms with van der Waals surface area (Å²) >= 11 is 1.18. The average Bonchev–Trinajstić information content (AvgIpc) is 2.86. The lowest BCUT2D eigenvalue weighted by Crippen LogP contribution is -2.48. The van der Waals surface area contributed by atoms with Crippen LogP contribution in [0.2, 0.25) is 0 Å². The zero-order chi connectivity index (χ0) is 16.3. The van der Waals surface area contributed by atoms with Gasteiger partial charge in [-0.1, -0.05) is 32.5 Å². The molecule has 0 aromatic carbocycles. The lowest BCUT2D eigenvalue weighted by Gasteiger charge is -2.24. The lowest BCUT2D eigenvalue weighted by atomic mass is 9.92. The van der Waals surface area contributed by atoms with Crippen molar-refractivity contribution in [2.24, 2.45) is 5.41 Å². The van der Waals surface area contributed by atoms with Crippen molar-refractivity contribution in [3.8, 4) is 0 Å². The molecule has 0 atom stereocenters. The summed E-state index contributed by atoms with van der Waals surface area (Å²) < 4.78 is 5.41. The highest BCUT2D eigenvalue weighted by Crippen LogP contribution is 2.22. The number of carbonyl (C=O) groups is 3. The van der Waals surface area contributed by atoms with Crippen molar-refractivity contribution in [3.05, 3.63) is 5.89 Å². The Labute approximate surface area is 132 Å². The van der Waals surface area contributed by atoms with Gasteiger partial charge in [0.1, 0.15) is 12.3 Å². The number of rotatable bonds is 5. The van der Waals surface area contributed by atoms with Crippen LogP contribution < -0.4 is 5.32 Å². The molecule has 3 amide bonds. The molecule has 1 N–H and O–H groups in total. The Morgan fingerprint density at radius 1 is 1.36 bits per heavy atom. The van der Waals surface area contributed by atoms with Gasteiger partial charge in [0.25, 0.3) is 5.22 Å². The molecule has 8 nitrogen and oxygen atoms in total.